The molecule has 3 rings (SSSR count). The van der Waals surface area contributed by atoms with Crippen molar-refractivity contribution in [1.29, 1.82) is 0 Å². The summed E-state index contributed by atoms with van der Waals surface area (Å²) in [4.78, 5) is 4.47. The third-order valence-corrected chi connectivity index (χ3v) is 3.92. The lowest BCUT2D eigenvalue weighted by Crippen LogP contribution is -1.95. The predicted octanol–water partition coefficient (Wildman–Crippen LogP) is 4.54. The molecule has 0 saturated carbocycles. The number of rotatable bonds is 5. The first kappa shape index (κ1) is 14.5. The van der Waals surface area contributed by atoms with Crippen LogP contribution >= 0.6 is 11.3 Å². The van der Waals surface area contributed by atoms with Crippen LogP contribution in [0.1, 0.15) is 5.01 Å². The molecule has 3 nitrogen and oxygen atoms in total. The number of halogens is 1. The van der Waals surface area contributed by atoms with E-state index in [-0.39, 0.29) is 5.82 Å². The fraction of sp³-hybridized carbons (Fsp3) is 0.118. The zero-order valence-electron chi connectivity index (χ0n) is 12.0. The monoisotopic (exact) mass is 315 g/mol. The maximum absolute atomic E-state index is 13.2. The fourth-order valence-corrected chi connectivity index (χ4v) is 2.69. The number of methoxy groups -OCH3 is 1. The van der Waals surface area contributed by atoms with E-state index in [1.54, 1.807) is 13.2 Å². The van der Waals surface area contributed by atoms with Crippen molar-refractivity contribution in [3.63, 3.8) is 0 Å². The quantitative estimate of drug-likeness (QED) is 0.693. The maximum atomic E-state index is 13.2. The highest BCUT2D eigenvalue weighted by molar-refractivity contribution is 7.09. The van der Waals surface area contributed by atoms with Crippen molar-refractivity contribution in [2.75, 3.05) is 7.11 Å². The molecule has 1 aromatic heterocycles. The second kappa shape index (κ2) is 6.58. The number of ether oxygens (including phenoxy) is 2. The molecule has 0 spiro atoms. The van der Waals surface area contributed by atoms with Gasteiger partial charge in [0.05, 0.1) is 12.8 Å². The minimum Gasteiger partial charge on any atom is -0.497 e. The Bertz CT molecular complexity index is 755. The number of thiazole rings is 1. The molecule has 0 aliphatic heterocycles. The predicted molar refractivity (Wildman–Crippen MR) is 84.8 cm³/mol. The second-order valence-corrected chi connectivity index (χ2v) is 5.54. The van der Waals surface area contributed by atoms with Crippen LogP contribution in [0.25, 0.3) is 11.3 Å². The average Bonchev–Trinajstić information content (AvgIpc) is 3.02. The summed E-state index contributed by atoms with van der Waals surface area (Å²) in [6, 6.07) is 13.8. The lowest BCUT2D eigenvalue weighted by Gasteiger charge is -2.05. The molecule has 22 heavy (non-hydrogen) atoms. The summed E-state index contributed by atoms with van der Waals surface area (Å²) < 4.78 is 24.0. The van der Waals surface area contributed by atoms with Crippen LogP contribution in [0.5, 0.6) is 11.5 Å². The molecule has 112 valence electrons. The molecule has 0 fully saturated rings. The van der Waals surface area contributed by atoms with Gasteiger partial charge >= 0.3 is 0 Å². The minimum atomic E-state index is -0.262. The van der Waals surface area contributed by atoms with Crippen molar-refractivity contribution >= 4 is 11.3 Å². The van der Waals surface area contributed by atoms with Gasteiger partial charge in [-0.2, -0.15) is 0 Å². The SMILES string of the molecule is COc1ccc(OCc2nc(-c3cccc(F)c3)cs2)cc1. The van der Waals surface area contributed by atoms with Crippen LogP contribution in [0.4, 0.5) is 4.39 Å². The van der Waals surface area contributed by atoms with Gasteiger partial charge in [-0.3, -0.25) is 0 Å². The number of benzene rings is 2. The van der Waals surface area contributed by atoms with E-state index >= 15 is 0 Å². The Morgan fingerprint density at radius 3 is 2.59 bits per heavy atom. The van der Waals surface area contributed by atoms with Gasteiger partial charge in [0.2, 0.25) is 0 Å². The Morgan fingerprint density at radius 1 is 1.09 bits per heavy atom. The zero-order chi connectivity index (χ0) is 15.4. The average molecular weight is 315 g/mol. The van der Waals surface area contributed by atoms with E-state index in [9.17, 15) is 4.39 Å². The van der Waals surface area contributed by atoms with Crippen molar-refractivity contribution in [3.05, 3.63) is 64.7 Å². The third kappa shape index (κ3) is 3.43. The largest absolute Gasteiger partial charge is 0.497 e. The lowest BCUT2D eigenvalue weighted by atomic mass is 10.2. The van der Waals surface area contributed by atoms with E-state index in [1.165, 1.54) is 23.5 Å². The van der Waals surface area contributed by atoms with Crippen molar-refractivity contribution in [2.45, 2.75) is 6.61 Å². The highest BCUT2D eigenvalue weighted by Gasteiger charge is 2.06. The van der Waals surface area contributed by atoms with Crippen LogP contribution < -0.4 is 9.47 Å². The smallest absolute Gasteiger partial charge is 0.140 e. The molecule has 2 aromatic carbocycles. The summed E-state index contributed by atoms with van der Waals surface area (Å²) in [6.07, 6.45) is 0. The van der Waals surface area contributed by atoms with E-state index in [0.29, 0.717) is 6.61 Å². The van der Waals surface area contributed by atoms with Crippen LogP contribution in [0.15, 0.2) is 53.9 Å². The Kier molecular flexibility index (Phi) is 4.34. The topological polar surface area (TPSA) is 31.4 Å². The molecule has 0 aliphatic carbocycles. The number of hydrogen-bond acceptors (Lipinski definition) is 4. The van der Waals surface area contributed by atoms with Gasteiger partial charge < -0.3 is 9.47 Å². The highest BCUT2D eigenvalue weighted by Crippen LogP contribution is 2.24. The van der Waals surface area contributed by atoms with Crippen LogP contribution in [-0.2, 0) is 6.61 Å². The maximum Gasteiger partial charge on any atom is 0.140 e. The summed E-state index contributed by atoms with van der Waals surface area (Å²) in [5.41, 5.74) is 1.53. The van der Waals surface area contributed by atoms with Gasteiger partial charge in [-0.05, 0) is 36.4 Å². The van der Waals surface area contributed by atoms with Gasteiger partial charge in [-0.15, -0.1) is 11.3 Å². The second-order valence-electron chi connectivity index (χ2n) is 4.60. The Labute approximate surface area is 132 Å². The first-order valence-electron chi connectivity index (χ1n) is 6.72. The standard InChI is InChI=1S/C17H14FNO2S/c1-20-14-5-7-15(8-6-14)21-10-17-19-16(11-22-17)12-3-2-4-13(18)9-12/h2-9,11H,10H2,1H3. The van der Waals surface area contributed by atoms with Gasteiger partial charge in [0.15, 0.2) is 0 Å². The molecule has 0 radical (unpaired) electrons. The molecule has 5 heteroatoms. The zero-order valence-corrected chi connectivity index (χ0v) is 12.8. The highest BCUT2D eigenvalue weighted by atomic mass is 32.1. The Morgan fingerprint density at radius 2 is 1.86 bits per heavy atom. The van der Waals surface area contributed by atoms with Gasteiger partial charge in [-0.1, -0.05) is 12.1 Å². The summed E-state index contributed by atoms with van der Waals surface area (Å²) in [5, 5.41) is 2.75. The van der Waals surface area contributed by atoms with Crippen molar-refractivity contribution < 1.29 is 13.9 Å². The van der Waals surface area contributed by atoms with E-state index in [4.69, 9.17) is 9.47 Å². The summed E-state index contributed by atoms with van der Waals surface area (Å²) in [7, 11) is 1.62. The van der Waals surface area contributed by atoms with Gasteiger partial charge in [0, 0.05) is 10.9 Å². The molecule has 1 heterocycles. The van der Waals surface area contributed by atoms with Gasteiger partial charge in [0.25, 0.3) is 0 Å². The summed E-state index contributed by atoms with van der Waals surface area (Å²) in [6.45, 7) is 0.381. The molecule has 0 amide bonds. The van der Waals surface area contributed by atoms with Gasteiger partial charge in [0.1, 0.15) is 28.9 Å². The fourth-order valence-electron chi connectivity index (χ4n) is 1.97. The first-order chi connectivity index (χ1) is 10.7. The van der Waals surface area contributed by atoms with E-state index in [1.807, 2.05) is 35.7 Å². The van der Waals surface area contributed by atoms with E-state index in [0.717, 1.165) is 27.8 Å². The molecule has 3 aromatic rings. The Balaban J connectivity index is 1.66. The number of aromatic nitrogens is 1. The van der Waals surface area contributed by atoms with Crippen LogP contribution in [0.3, 0.4) is 0 Å². The molecule has 0 atom stereocenters. The minimum absolute atomic E-state index is 0.262. The third-order valence-electron chi connectivity index (χ3n) is 3.09. The van der Waals surface area contributed by atoms with Gasteiger partial charge in [-0.25, -0.2) is 9.37 Å². The molecule has 0 saturated heterocycles. The lowest BCUT2D eigenvalue weighted by molar-refractivity contribution is 0.305. The van der Waals surface area contributed by atoms with Crippen molar-refractivity contribution in [2.24, 2.45) is 0 Å². The number of nitrogens with zero attached hydrogens (tertiary/aromatic N) is 1. The number of hydrogen-bond donors (Lipinski definition) is 0. The van der Waals surface area contributed by atoms with Crippen LogP contribution in [0.2, 0.25) is 0 Å². The first-order valence-corrected chi connectivity index (χ1v) is 7.60. The summed E-state index contributed by atoms with van der Waals surface area (Å²) in [5.74, 6) is 1.28. The molecular weight excluding hydrogens is 301 g/mol. The molecule has 0 aliphatic rings. The normalized spacial score (nSPS) is 10.5. The van der Waals surface area contributed by atoms with Crippen LogP contribution in [0, 0.1) is 5.82 Å². The summed E-state index contributed by atoms with van der Waals surface area (Å²) >= 11 is 1.49. The molecule has 0 N–H and O–H groups in total. The van der Waals surface area contributed by atoms with E-state index in [2.05, 4.69) is 4.98 Å². The van der Waals surface area contributed by atoms with Crippen LogP contribution in [-0.4, -0.2) is 12.1 Å². The van der Waals surface area contributed by atoms with Crippen molar-refractivity contribution in [1.82, 2.24) is 4.98 Å². The molecule has 0 unspecified atom stereocenters. The molecule has 0 bridgehead atoms. The Hall–Kier alpha value is -2.40. The molecular formula is C17H14FNO2S. The van der Waals surface area contributed by atoms with E-state index < -0.39 is 0 Å². The van der Waals surface area contributed by atoms with Crippen molar-refractivity contribution in [3.8, 4) is 22.8 Å².